The van der Waals surface area contributed by atoms with Gasteiger partial charge in [-0.1, -0.05) is 41.9 Å². The van der Waals surface area contributed by atoms with Crippen LogP contribution in [0.1, 0.15) is 18.7 Å². The minimum Gasteiger partial charge on any atom is -0.491 e. The summed E-state index contributed by atoms with van der Waals surface area (Å²) < 4.78 is 5.69. The highest BCUT2D eigenvalue weighted by Gasteiger charge is 2.31. The predicted octanol–water partition coefficient (Wildman–Crippen LogP) is 4.71. The Bertz CT molecular complexity index is 1300. The molecule has 0 bridgehead atoms. The molecule has 4 aromatic rings. The largest absolute Gasteiger partial charge is 0.491 e. The molecule has 2 aromatic heterocycles. The van der Waals surface area contributed by atoms with Crippen molar-refractivity contribution in [1.29, 1.82) is 0 Å². The van der Waals surface area contributed by atoms with Crippen molar-refractivity contribution >= 4 is 33.2 Å². The van der Waals surface area contributed by atoms with Gasteiger partial charge in [-0.05, 0) is 42.7 Å². The van der Waals surface area contributed by atoms with Crippen LogP contribution in [-0.2, 0) is 6.54 Å². The number of aromatic amines is 1. The minimum atomic E-state index is -0.641. The molecule has 1 fully saturated rings. The first-order chi connectivity index (χ1) is 16.1. The molecule has 6 nitrogen and oxygen atoms in total. The molecular formula is C25H24ClN3O3S. The average Bonchev–Trinajstić information content (AvgIpc) is 3.57. The lowest BCUT2D eigenvalue weighted by atomic mass is 10.1. The van der Waals surface area contributed by atoms with Gasteiger partial charge in [0.05, 0.1) is 11.9 Å². The fourth-order valence-electron chi connectivity index (χ4n) is 3.94. The maximum Gasteiger partial charge on any atom is 0.260 e. The van der Waals surface area contributed by atoms with Crippen LogP contribution in [0.15, 0.2) is 64.8 Å². The lowest BCUT2D eigenvalue weighted by molar-refractivity contribution is 0.0617. The first-order valence-electron chi connectivity index (χ1n) is 10.9. The van der Waals surface area contributed by atoms with Crippen LogP contribution in [0, 0.1) is 0 Å². The third-order valence-electron chi connectivity index (χ3n) is 5.68. The van der Waals surface area contributed by atoms with Gasteiger partial charge in [-0.3, -0.25) is 9.69 Å². The molecule has 1 aliphatic rings. The fraction of sp³-hybridized carbons (Fsp3) is 0.280. The zero-order valence-corrected chi connectivity index (χ0v) is 19.5. The molecule has 0 aliphatic heterocycles. The number of nitrogens with one attached hydrogen (secondary N) is 1. The van der Waals surface area contributed by atoms with Gasteiger partial charge in [-0.15, -0.1) is 11.3 Å². The zero-order valence-electron chi connectivity index (χ0n) is 17.9. The van der Waals surface area contributed by atoms with E-state index in [9.17, 15) is 9.90 Å². The number of hydrogen-bond donors (Lipinski definition) is 2. The first kappa shape index (κ1) is 22.1. The highest BCUT2D eigenvalue weighted by Crippen LogP contribution is 2.32. The Labute approximate surface area is 200 Å². The number of H-pyrrole nitrogens is 1. The second kappa shape index (κ2) is 9.65. The van der Waals surface area contributed by atoms with Crippen LogP contribution >= 0.6 is 22.9 Å². The van der Waals surface area contributed by atoms with E-state index >= 15 is 0 Å². The van der Waals surface area contributed by atoms with Gasteiger partial charge in [0.1, 0.15) is 29.1 Å². The lowest BCUT2D eigenvalue weighted by Crippen LogP contribution is -2.37. The van der Waals surface area contributed by atoms with E-state index < -0.39 is 6.10 Å². The number of nitrogens with zero attached hydrogens (tertiary/aromatic N) is 2. The van der Waals surface area contributed by atoms with Gasteiger partial charge in [-0.2, -0.15) is 0 Å². The van der Waals surface area contributed by atoms with Gasteiger partial charge in [-0.25, -0.2) is 4.98 Å². The highest BCUT2D eigenvalue weighted by molar-refractivity contribution is 7.17. The molecule has 33 heavy (non-hydrogen) atoms. The Hall–Kier alpha value is -2.71. The van der Waals surface area contributed by atoms with E-state index in [1.165, 1.54) is 11.3 Å². The molecule has 2 N–H and O–H groups in total. The summed E-state index contributed by atoms with van der Waals surface area (Å²) in [6.07, 6.45) is 1.52. The van der Waals surface area contributed by atoms with Crippen molar-refractivity contribution in [2.24, 2.45) is 0 Å². The van der Waals surface area contributed by atoms with Gasteiger partial charge in [0.15, 0.2) is 0 Å². The molecule has 0 saturated heterocycles. The average molecular weight is 482 g/mol. The summed E-state index contributed by atoms with van der Waals surface area (Å²) in [5.74, 6) is 1.34. The maximum atomic E-state index is 13.0. The number of aliphatic hydroxyl groups is 1. The number of thiophene rings is 1. The van der Waals surface area contributed by atoms with Crippen molar-refractivity contribution in [2.45, 2.75) is 31.5 Å². The summed E-state index contributed by atoms with van der Waals surface area (Å²) in [6.45, 7) is 1.14. The maximum absolute atomic E-state index is 13.0. The number of aliphatic hydroxyl groups excluding tert-OH is 1. The van der Waals surface area contributed by atoms with Crippen molar-refractivity contribution in [2.75, 3.05) is 13.2 Å². The number of fused-ring (bicyclic) bond motifs is 1. The van der Waals surface area contributed by atoms with Crippen molar-refractivity contribution in [3.8, 4) is 16.9 Å². The molecule has 8 heteroatoms. The fourth-order valence-corrected chi connectivity index (χ4v) is 5.10. The van der Waals surface area contributed by atoms with E-state index in [0.717, 1.165) is 29.7 Å². The third kappa shape index (κ3) is 5.28. The molecule has 1 atom stereocenters. The SMILES string of the molecule is O=c1[nH]c(CN(CC(O)COc2ccccc2)C2CC2)nc2scc(-c3cccc(Cl)c3)c12. The molecule has 1 unspecified atom stereocenters. The van der Waals surface area contributed by atoms with Crippen molar-refractivity contribution in [1.82, 2.24) is 14.9 Å². The lowest BCUT2D eigenvalue weighted by Gasteiger charge is -2.24. The van der Waals surface area contributed by atoms with Crippen LogP contribution < -0.4 is 10.3 Å². The van der Waals surface area contributed by atoms with Gasteiger partial charge in [0.2, 0.25) is 0 Å². The first-order valence-corrected chi connectivity index (χ1v) is 12.2. The van der Waals surface area contributed by atoms with E-state index in [-0.39, 0.29) is 12.2 Å². The van der Waals surface area contributed by atoms with Crippen LogP contribution in [0.25, 0.3) is 21.3 Å². The molecule has 1 saturated carbocycles. The van der Waals surface area contributed by atoms with Crippen molar-refractivity contribution < 1.29 is 9.84 Å². The smallest absolute Gasteiger partial charge is 0.260 e. The molecule has 1 aliphatic carbocycles. The third-order valence-corrected chi connectivity index (χ3v) is 6.78. The number of hydrogen-bond acceptors (Lipinski definition) is 6. The standard InChI is InChI=1S/C25H24ClN3O3S/c26-17-6-4-5-16(11-17)21-15-33-25-23(21)24(31)27-22(28-25)13-29(18-9-10-18)12-19(30)14-32-20-7-2-1-3-8-20/h1-8,11,15,18-19,30H,9-10,12-14H2,(H,27,28,31). The van der Waals surface area contributed by atoms with Crippen LogP contribution in [0.4, 0.5) is 0 Å². The summed E-state index contributed by atoms with van der Waals surface area (Å²) in [6, 6.07) is 17.3. The predicted molar refractivity (Wildman–Crippen MR) is 132 cm³/mol. The monoisotopic (exact) mass is 481 g/mol. The minimum absolute atomic E-state index is 0.157. The normalized spacial score (nSPS) is 14.6. The number of aromatic nitrogens is 2. The molecule has 5 rings (SSSR count). The summed E-state index contributed by atoms with van der Waals surface area (Å²) in [5.41, 5.74) is 1.58. The van der Waals surface area contributed by atoms with Gasteiger partial charge >= 0.3 is 0 Å². The van der Waals surface area contributed by atoms with Gasteiger partial charge in [0.25, 0.3) is 5.56 Å². The van der Waals surface area contributed by atoms with Gasteiger partial charge < -0.3 is 14.8 Å². The Kier molecular flexibility index (Phi) is 6.46. The van der Waals surface area contributed by atoms with E-state index in [0.29, 0.717) is 40.2 Å². The number of rotatable bonds is 9. The molecule has 0 radical (unpaired) electrons. The molecule has 2 aromatic carbocycles. The van der Waals surface area contributed by atoms with Crippen LogP contribution in [0.2, 0.25) is 5.02 Å². The second-order valence-corrected chi connectivity index (χ2v) is 9.59. The van der Waals surface area contributed by atoms with Crippen molar-refractivity contribution in [3.63, 3.8) is 0 Å². The van der Waals surface area contributed by atoms with Gasteiger partial charge in [0, 0.05) is 28.6 Å². The number of halogens is 1. The molecule has 0 amide bonds. The summed E-state index contributed by atoms with van der Waals surface area (Å²) in [4.78, 5) is 23.5. The Morgan fingerprint density at radius 1 is 1.21 bits per heavy atom. The summed E-state index contributed by atoms with van der Waals surface area (Å²) in [5, 5.41) is 13.7. The summed E-state index contributed by atoms with van der Waals surface area (Å²) in [7, 11) is 0. The second-order valence-electron chi connectivity index (χ2n) is 8.29. The Morgan fingerprint density at radius 2 is 2.03 bits per heavy atom. The number of ether oxygens (including phenoxy) is 1. The summed E-state index contributed by atoms with van der Waals surface area (Å²) >= 11 is 7.59. The zero-order chi connectivity index (χ0) is 22.8. The Morgan fingerprint density at radius 3 is 2.79 bits per heavy atom. The quantitative estimate of drug-likeness (QED) is 0.362. The topological polar surface area (TPSA) is 78.5 Å². The molecule has 2 heterocycles. The van der Waals surface area contributed by atoms with Crippen LogP contribution in [-0.4, -0.2) is 45.3 Å². The van der Waals surface area contributed by atoms with E-state index in [2.05, 4.69) is 9.88 Å². The number of para-hydroxylation sites is 1. The molecule has 170 valence electrons. The van der Waals surface area contributed by atoms with Crippen molar-refractivity contribution in [3.05, 3.63) is 81.2 Å². The molecule has 0 spiro atoms. The van der Waals surface area contributed by atoms with Crippen LogP contribution in [0.5, 0.6) is 5.75 Å². The highest BCUT2D eigenvalue weighted by atomic mass is 35.5. The van der Waals surface area contributed by atoms with Crippen LogP contribution in [0.3, 0.4) is 0 Å². The molecular weight excluding hydrogens is 458 g/mol. The van der Waals surface area contributed by atoms with E-state index in [4.69, 9.17) is 21.3 Å². The van der Waals surface area contributed by atoms with E-state index in [1.54, 1.807) is 0 Å². The number of benzene rings is 2. The van der Waals surface area contributed by atoms with E-state index in [1.807, 2.05) is 60.0 Å². The Balaban J connectivity index is 1.31.